The number of hydrogen-bond acceptors (Lipinski definition) is 4. The summed E-state index contributed by atoms with van der Waals surface area (Å²) in [6, 6.07) is 7.18. The van der Waals surface area contributed by atoms with Crippen LogP contribution in [0.25, 0.3) is 0 Å². The van der Waals surface area contributed by atoms with Gasteiger partial charge in [0.1, 0.15) is 0 Å². The predicted octanol–water partition coefficient (Wildman–Crippen LogP) is 1.57. The van der Waals surface area contributed by atoms with E-state index in [0.29, 0.717) is 17.8 Å². The van der Waals surface area contributed by atoms with Crippen molar-refractivity contribution in [2.45, 2.75) is 31.9 Å². The summed E-state index contributed by atoms with van der Waals surface area (Å²) in [6.07, 6.45) is 0.713. The number of aliphatic hydroxyl groups excluding tert-OH is 1. The van der Waals surface area contributed by atoms with E-state index in [1.165, 1.54) is 0 Å². The molecule has 0 spiro atoms. The third-order valence-corrected chi connectivity index (χ3v) is 4.43. The van der Waals surface area contributed by atoms with Gasteiger partial charge in [0, 0.05) is 11.3 Å². The number of para-hydroxylation sites is 1. The van der Waals surface area contributed by atoms with Crippen LogP contribution in [0.15, 0.2) is 29.3 Å². The number of nitrogens with one attached hydrogen (secondary N) is 2. The summed E-state index contributed by atoms with van der Waals surface area (Å²) in [7, 11) is -3.82. The standard InChI is InChI=1S/C13H17N3O3S/c1-3-10-6-4-5-7-12(10)16-20(18,19)13-11(8-17)9(2)14-15-13/h4-7,16-17H,3,8H2,1-2H3,(H,14,15). The number of aliphatic hydroxyl groups is 1. The predicted molar refractivity (Wildman–Crippen MR) is 75.9 cm³/mol. The summed E-state index contributed by atoms with van der Waals surface area (Å²) in [4.78, 5) is 0. The molecule has 0 atom stereocenters. The molecule has 0 radical (unpaired) electrons. The molecule has 108 valence electrons. The van der Waals surface area contributed by atoms with Gasteiger partial charge in [-0.2, -0.15) is 13.5 Å². The first kappa shape index (κ1) is 14.5. The molecule has 20 heavy (non-hydrogen) atoms. The fourth-order valence-electron chi connectivity index (χ4n) is 1.96. The van der Waals surface area contributed by atoms with E-state index in [1.807, 2.05) is 19.1 Å². The van der Waals surface area contributed by atoms with E-state index in [-0.39, 0.29) is 17.2 Å². The summed E-state index contributed by atoms with van der Waals surface area (Å²) >= 11 is 0. The number of benzene rings is 1. The zero-order valence-electron chi connectivity index (χ0n) is 11.3. The number of nitrogens with zero attached hydrogens (tertiary/aromatic N) is 1. The highest BCUT2D eigenvalue weighted by Crippen LogP contribution is 2.22. The molecule has 7 heteroatoms. The largest absolute Gasteiger partial charge is 0.392 e. The molecular weight excluding hydrogens is 278 g/mol. The van der Waals surface area contributed by atoms with E-state index in [1.54, 1.807) is 19.1 Å². The molecule has 1 heterocycles. The van der Waals surface area contributed by atoms with Crippen molar-refractivity contribution in [1.82, 2.24) is 10.2 Å². The van der Waals surface area contributed by atoms with Crippen LogP contribution in [0.4, 0.5) is 5.69 Å². The van der Waals surface area contributed by atoms with Crippen molar-refractivity contribution in [1.29, 1.82) is 0 Å². The van der Waals surface area contributed by atoms with E-state index < -0.39 is 10.0 Å². The summed E-state index contributed by atoms with van der Waals surface area (Å²) in [5.74, 6) is 0. The highest BCUT2D eigenvalue weighted by molar-refractivity contribution is 7.92. The maximum Gasteiger partial charge on any atom is 0.281 e. The molecule has 0 unspecified atom stereocenters. The number of anilines is 1. The number of aromatic amines is 1. The molecule has 0 aliphatic heterocycles. The van der Waals surface area contributed by atoms with Crippen LogP contribution in [0.2, 0.25) is 0 Å². The van der Waals surface area contributed by atoms with Gasteiger partial charge in [0.05, 0.1) is 12.3 Å². The molecule has 0 amide bonds. The molecule has 1 aromatic carbocycles. The van der Waals surface area contributed by atoms with Crippen molar-refractivity contribution in [3.8, 4) is 0 Å². The Morgan fingerprint density at radius 1 is 1.35 bits per heavy atom. The molecule has 0 aliphatic rings. The molecule has 6 nitrogen and oxygen atoms in total. The monoisotopic (exact) mass is 295 g/mol. The molecule has 0 fully saturated rings. The van der Waals surface area contributed by atoms with Crippen molar-refractivity contribution in [2.24, 2.45) is 0 Å². The number of aryl methyl sites for hydroxylation is 2. The molecule has 2 rings (SSSR count). The summed E-state index contributed by atoms with van der Waals surface area (Å²) in [5, 5.41) is 15.5. The minimum Gasteiger partial charge on any atom is -0.392 e. The fourth-order valence-corrected chi connectivity index (χ4v) is 3.25. The molecule has 0 bridgehead atoms. The molecule has 2 aromatic rings. The third-order valence-electron chi connectivity index (χ3n) is 3.09. The van der Waals surface area contributed by atoms with Crippen LogP contribution in [0, 0.1) is 6.92 Å². The van der Waals surface area contributed by atoms with Gasteiger partial charge in [-0.25, -0.2) is 0 Å². The van der Waals surface area contributed by atoms with Crippen molar-refractivity contribution in [2.75, 3.05) is 4.72 Å². The van der Waals surface area contributed by atoms with Crippen molar-refractivity contribution >= 4 is 15.7 Å². The number of hydrogen-bond donors (Lipinski definition) is 3. The van der Waals surface area contributed by atoms with Gasteiger partial charge < -0.3 is 5.11 Å². The molecule has 0 aliphatic carbocycles. The minimum absolute atomic E-state index is 0.164. The van der Waals surface area contributed by atoms with Gasteiger partial charge in [-0.3, -0.25) is 9.82 Å². The van der Waals surface area contributed by atoms with Gasteiger partial charge in [0.25, 0.3) is 10.0 Å². The highest BCUT2D eigenvalue weighted by Gasteiger charge is 2.24. The molecule has 0 saturated heterocycles. The lowest BCUT2D eigenvalue weighted by Gasteiger charge is -2.10. The zero-order valence-corrected chi connectivity index (χ0v) is 12.2. The SMILES string of the molecule is CCc1ccccc1NS(=O)(=O)c1n[nH]c(C)c1CO. The van der Waals surface area contributed by atoms with Gasteiger partial charge >= 0.3 is 0 Å². The smallest absolute Gasteiger partial charge is 0.281 e. The van der Waals surface area contributed by atoms with Crippen LogP contribution in [0.3, 0.4) is 0 Å². The molecule has 3 N–H and O–H groups in total. The van der Waals surface area contributed by atoms with Gasteiger partial charge in [-0.1, -0.05) is 25.1 Å². The second kappa shape index (κ2) is 5.64. The summed E-state index contributed by atoms with van der Waals surface area (Å²) in [5.41, 5.74) is 2.25. The van der Waals surface area contributed by atoms with Crippen LogP contribution in [0.5, 0.6) is 0 Å². The van der Waals surface area contributed by atoms with Crippen molar-refractivity contribution in [3.63, 3.8) is 0 Å². The number of aromatic nitrogens is 2. The van der Waals surface area contributed by atoms with Gasteiger partial charge in [-0.15, -0.1) is 0 Å². The van der Waals surface area contributed by atoms with Crippen LogP contribution in [0.1, 0.15) is 23.7 Å². The van der Waals surface area contributed by atoms with Gasteiger partial charge in [-0.05, 0) is 25.0 Å². The van der Waals surface area contributed by atoms with Crippen molar-refractivity contribution in [3.05, 3.63) is 41.1 Å². The van der Waals surface area contributed by atoms with E-state index >= 15 is 0 Å². The average molecular weight is 295 g/mol. The Balaban J connectivity index is 2.41. The Labute approximate surface area is 117 Å². The number of rotatable bonds is 5. The Morgan fingerprint density at radius 2 is 2.05 bits per heavy atom. The average Bonchev–Trinajstić information content (AvgIpc) is 2.81. The molecule has 0 saturated carbocycles. The number of sulfonamides is 1. The Kier molecular flexibility index (Phi) is 4.10. The topological polar surface area (TPSA) is 95.1 Å². The maximum atomic E-state index is 12.4. The summed E-state index contributed by atoms with van der Waals surface area (Å²) < 4.78 is 27.2. The quantitative estimate of drug-likeness (QED) is 0.780. The fraction of sp³-hybridized carbons (Fsp3) is 0.308. The molecule has 1 aromatic heterocycles. The first-order valence-corrected chi connectivity index (χ1v) is 7.73. The Morgan fingerprint density at radius 3 is 2.70 bits per heavy atom. The Bertz CT molecular complexity index is 707. The lowest BCUT2D eigenvalue weighted by Crippen LogP contribution is -2.16. The van der Waals surface area contributed by atoms with Gasteiger partial charge in [0.2, 0.25) is 5.03 Å². The third kappa shape index (κ3) is 2.68. The second-order valence-electron chi connectivity index (χ2n) is 4.41. The second-order valence-corrected chi connectivity index (χ2v) is 6.00. The first-order valence-electron chi connectivity index (χ1n) is 6.25. The first-order chi connectivity index (χ1) is 9.49. The number of H-pyrrole nitrogens is 1. The Hall–Kier alpha value is -1.86. The minimum atomic E-state index is -3.82. The van der Waals surface area contributed by atoms with E-state index in [0.717, 1.165) is 5.56 Å². The normalized spacial score (nSPS) is 11.6. The summed E-state index contributed by atoms with van der Waals surface area (Å²) in [6.45, 7) is 3.23. The van der Waals surface area contributed by atoms with E-state index in [9.17, 15) is 13.5 Å². The highest BCUT2D eigenvalue weighted by atomic mass is 32.2. The van der Waals surface area contributed by atoms with Crippen LogP contribution in [-0.4, -0.2) is 23.7 Å². The van der Waals surface area contributed by atoms with E-state index in [4.69, 9.17) is 0 Å². The van der Waals surface area contributed by atoms with Crippen molar-refractivity contribution < 1.29 is 13.5 Å². The lowest BCUT2D eigenvalue weighted by molar-refractivity contribution is 0.277. The van der Waals surface area contributed by atoms with Crippen LogP contribution >= 0.6 is 0 Å². The van der Waals surface area contributed by atoms with Crippen LogP contribution in [-0.2, 0) is 23.1 Å². The zero-order chi connectivity index (χ0) is 14.8. The molecular formula is C13H17N3O3S. The lowest BCUT2D eigenvalue weighted by atomic mass is 10.1. The van der Waals surface area contributed by atoms with Crippen LogP contribution < -0.4 is 4.72 Å². The van der Waals surface area contributed by atoms with Gasteiger partial charge in [0.15, 0.2) is 0 Å². The van der Waals surface area contributed by atoms with E-state index in [2.05, 4.69) is 14.9 Å². The maximum absolute atomic E-state index is 12.4.